The summed E-state index contributed by atoms with van der Waals surface area (Å²) < 4.78 is 0. The molecule has 4 nitrogen and oxygen atoms in total. The van der Waals surface area contributed by atoms with Crippen molar-refractivity contribution in [2.24, 2.45) is 11.7 Å². The first kappa shape index (κ1) is 16.6. The first-order chi connectivity index (χ1) is 10.1. The van der Waals surface area contributed by atoms with Crippen molar-refractivity contribution >= 4 is 34.8 Å². The van der Waals surface area contributed by atoms with Gasteiger partial charge in [0.2, 0.25) is 5.91 Å². The zero-order valence-electron chi connectivity index (χ0n) is 11.9. The maximum atomic E-state index is 12.0. The van der Waals surface area contributed by atoms with Crippen molar-refractivity contribution in [3.05, 3.63) is 28.2 Å². The number of carbonyl (C=O) groups excluding carboxylic acids is 1. The number of likely N-dealkylation sites (tertiary alicyclic amines) is 1. The summed E-state index contributed by atoms with van der Waals surface area (Å²) in [6.45, 7) is 3.55. The van der Waals surface area contributed by atoms with Crippen molar-refractivity contribution in [2.45, 2.75) is 19.3 Å². The molecular formula is C15H21Cl2N3O. The van der Waals surface area contributed by atoms with Crippen molar-refractivity contribution in [1.29, 1.82) is 0 Å². The number of anilines is 1. The number of rotatable bonds is 5. The quantitative estimate of drug-likeness (QED) is 0.873. The van der Waals surface area contributed by atoms with E-state index in [0.29, 0.717) is 28.1 Å². The standard InChI is InChI=1S/C15H21Cl2N3O/c16-12-2-1-3-13(17)15(12)19-14(21)6-9-20-7-4-11(10-18)5-8-20/h1-3,11H,4-10,18H2,(H,19,21). The highest BCUT2D eigenvalue weighted by molar-refractivity contribution is 6.39. The third-order valence-electron chi connectivity index (χ3n) is 3.92. The van der Waals surface area contributed by atoms with E-state index in [1.807, 2.05) is 0 Å². The van der Waals surface area contributed by atoms with Crippen LogP contribution in [0.3, 0.4) is 0 Å². The Bertz CT molecular complexity index is 468. The Labute approximate surface area is 135 Å². The van der Waals surface area contributed by atoms with Gasteiger partial charge in [0, 0.05) is 13.0 Å². The van der Waals surface area contributed by atoms with Crippen molar-refractivity contribution < 1.29 is 4.79 Å². The third-order valence-corrected chi connectivity index (χ3v) is 4.55. The van der Waals surface area contributed by atoms with E-state index in [4.69, 9.17) is 28.9 Å². The Kier molecular flexibility index (Phi) is 6.30. The highest BCUT2D eigenvalue weighted by Crippen LogP contribution is 2.29. The number of hydrogen-bond acceptors (Lipinski definition) is 3. The lowest BCUT2D eigenvalue weighted by Gasteiger charge is -2.31. The molecule has 0 bridgehead atoms. The predicted molar refractivity (Wildman–Crippen MR) is 87.9 cm³/mol. The van der Waals surface area contributed by atoms with Gasteiger partial charge in [-0.15, -0.1) is 0 Å². The van der Waals surface area contributed by atoms with Crippen LogP contribution in [0.1, 0.15) is 19.3 Å². The summed E-state index contributed by atoms with van der Waals surface area (Å²) in [7, 11) is 0. The van der Waals surface area contributed by atoms with Crippen LogP contribution in [0.15, 0.2) is 18.2 Å². The van der Waals surface area contributed by atoms with Crippen molar-refractivity contribution in [3.8, 4) is 0 Å². The van der Waals surface area contributed by atoms with Gasteiger partial charge < -0.3 is 16.0 Å². The van der Waals surface area contributed by atoms with Crippen LogP contribution < -0.4 is 11.1 Å². The molecule has 0 radical (unpaired) electrons. The first-order valence-corrected chi connectivity index (χ1v) is 8.02. The van der Waals surface area contributed by atoms with Crippen molar-refractivity contribution in [2.75, 3.05) is 31.5 Å². The average molecular weight is 330 g/mol. The number of halogens is 2. The molecule has 6 heteroatoms. The molecule has 1 aliphatic heterocycles. The van der Waals surface area contributed by atoms with E-state index in [1.54, 1.807) is 18.2 Å². The second-order valence-corrected chi connectivity index (χ2v) is 6.23. The van der Waals surface area contributed by atoms with Crippen LogP contribution in [0.5, 0.6) is 0 Å². The molecule has 0 aromatic heterocycles. The van der Waals surface area contributed by atoms with Crippen molar-refractivity contribution in [1.82, 2.24) is 4.90 Å². The summed E-state index contributed by atoms with van der Waals surface area (Å²) in [5, 5.41) is 3.70. The van der Waals surface area contributed by atoms with E-state index in [-0.39, 0.29) is 5.91 Å². The lowest BCUT2D eigenvalue weighted by atomic mass is 9.97. The Morgan fingerprint density at radius 2 is 1.90 bits per heavy atom. The number of para-hydroxylation sites is 1. The van der Waals surface area contributed by atoms with Gasteiger partial charge in [-0.1, -0.05) is 29.3 Å². The molecule has 0 spiro atoms. The summed E-state index contributed by atoms with van der Waals surface area (Å²) in [4.78, 5) is 14.3. The molecule has 116 valence electrons. The molecule has 1 heterocycles. The van der Waals surface area contributed by atoms with E-state index < -0.39 is 0 Å². The molecule has 0 aliphatic carbocycles. The van der Waals surface area contributed by atoms with Gasteiger partial charge in [0.1, 0.15) is 0 Å². The number of amides is 1. The topological polar surface area (TPSA) is 58.4 Å². The molecule has 1 aliphatic rings. The average Bonchev–Trinajstić information content (AvgIpc) is 2.49. The van der Waals surface area contributed by atoms with Crippen LogP contribution in [-0.4, -0.2) is 37.0 Å². The summed E-state index contributed by atoms with van der Waals surface area (Å²) in [6, 6.07) is 5.17. The minimum atomic E-state index is -0.0639. The monoisotopic (exact) mass is 329 g/mol. The summed E-state index contributed by atoms with van der Waals surface area (Å²) in [6.07, 6.45) is 2.68. The van der Waals surface area contributed by atoms with Gasteiger partial charge in [-0.25, -0.2) is 0 Å². The zero-order valence-corrected chi connectivity index (χ0v) is 13.5. The summed E-state index contributed by atoms with van der Waals surface area (Å²) in [5.74, 6) is 0.572. The smallest absolute Gasteiger partial charge is 0.225 e. The van der Waals surface area contributed by atoms with Gasteiger partial charge in [-0.3, -0.25) is 4.79 Å². The maximum Gasteiger partial charge on any atom is 0.225 e. The Balaban J connectivity index is 1.78. The lowest BCUT2D eigenvalue weighted by Crippen LogP contribution is -2.37. The Hall–Kier alpha value is -0.810. The van der Waals surface area contributed by atoms with E-state index in [2.05, 4.69) is 10.2 Å². The van der Waals surface area contributed by atoms with Crippen LogP contribution in [0.4, 0.5) is 5.69 Å². The fourth-order valence-corrected chi connectivity index (χ4v) is 3.02. The summed E-state index contributed by atoms with van der Waals surface area (Å²) in [5.41, 5.74) is 6.17. The first-order valence-electron chi connectivity index (χ1n) is 7.26. The fraction of sp³-hybridized carbons (Fsp3) is 0.533. The number of nitrogens with two attached hydrogens (primary N) is 1. The highest BCUT2D eigenvalue weighted by atomic mass is 35.5. The van der Waals surface area contributed by atoms with Crippen LogP contribution in [-0.2, 0) is 4.79 Å². The SMILES string of the molecule is NCC1CCN(CCC(=O)Nc2c(Cl)cccc2Cl)CC1. The molecule has 1 aromatic carbocycles. The number of nitrogens with one attached hydrogen (secondary N) is 1. The number of nitrogens with zero attached hydrogens (tertiary/aromatic N) is 1. The maximum absolute atomic E-state index is 12.0. The third kappa shape index (κ3) is 4.85. The minimum absolute atomic E-state index is 0.0639. The van der Waals surface area contributed by atoms with Gasteiger partial charge in [-0.2, -0.15) is 0 Å². The normalized spacial score (nSPS) is 16.9. The van der Waals surface area contributed by atoms with Gasteiger partial charge in [0.05, 0.1) is 15.7 Å². The Morgan fingerprint density at radius 1 is 1.29 bits per heavy atom. The highest BCUT2D eigenvalue weighted by Gasteiger charge is 2.18. The van der Waals surface area contributed by atoms with Crippen molar-refractivity contribution in [3.63, 3.8) is 0 Å². The molecule has 0 atom stereocenters. The second kappa shape index (κ2) is 7.99. The molecule has 21 heavy (non-hydrogen) atoms. The molecule has 2 rings (SSSR count). The second-order valence-electron chi connectivity index (χ2n) is 5.42. The number of benzene rings is 1. The molecule has 1 amide bonds. The van der Waals surface area contributed by atoms with Gasteiger partial charge in [0.15, 0.2) is 0 Å². The molecule has 1 fully saturated rings. The van der Waals surface area contributed by atoms with E-state index in [0.717, 1.165) is 39.0 Å². The zero-order chi connectivity index (χ0) is 15.2. The van der Waals surface area contributed by atoms with E-state index in [1.165, 1.54) is 0 Å². The van der Waals surface area contributed by atoms with E-state index >= 15 is 0 Å². The number of piperidine rings is 1. The Morgan fingerprint density at radius 3 is 2.48 bits per heavy atom. The molecule has 3 N–H and O–H groups in total. The number of hydrogen-bond donors (Lipinski definition) is 2. The van der Waals surface area contributed by atoms with Gasteiger partial charge in [0.25, 0.3) is 0 Å². The minimum Gasteiger partial charge on any atom is -0.330 e. The molecule has 0 saturated carbocycles. The fourth-order valence-electron chi connectivity index (χ4n) is 2.52. The van der Waals surface area contributed by atoms with Gasteiger partial charge >= 0.3 is 0 Å². The van der Waals surface area contributed by atoms with Crippen LogP contribution in [0.25, 0.3) is 0 Å². The van der Waals surface area contributed by atoms with Crippen LogP contribution in [0.2, 0.25) is 10.0 Å². The molecular weight excluding hydrogens is 309 g/mol. The lowest BCUT2D eigenvalue weighted by molar-refractivity contribution is -0.116. The van der Waals surface area contributed by atoms with E-state index in [9.17, 15) is 4.79 Å². The molecule has 1 saturated heterocycles. The van der Waals surface area contributed by atoms with Crippen LogP contribution >= 0.6 is 23.2 Å². The molecule has 1 aromatic rings. The predicted octanol–water partition coefficient (Wildman–Crippen LogP) is 2.99. The largest absolute Gasteiger partial charge is 0.330 e. The number of carbonyl (C=O) groups is 1. The summed E-state index contributed by atoms with van der Waals surface area (Å²) >= 11 is 12.1. The van der Waals surface area contributed by atoms with Gasteiger partial charge in [-0.05, 0) is 50.5 Å². The van der Waals surface area contributed by atoms with Crippen LogP contribution in [0, 0.1) is 5.92 Å². The molecule has 0 unspecified atom stereocenters.